The number of anilines is 6. The molecule has 446 valence electrons. The molecule has 0 aliphatic heterocycles. The number of fused-ring (bicyclic) bond motifs is 2. The Bertz CT molecular complexity index is 4770. The van der Waals surface area contributed by atoms with Crippen molar-refractivity contribution < 1.29 is 0 Å². The Hall–Kier alpha value is -12.2. The van der Waals surface area contributed by atoms with E-state index in [2.05, 4.69) is 397 Å². The van der Waals surface area contributed by atoms with Crippen LogP contribution in [0.2, 0.25) is 0 Å². The topological polar surface area (TPSA) is 16.3 Å². The van der Waals surface area contributed by atoms with E-state index in [9.17, 15) is 0 Å². The summed E-state index contributed by atoms with van der Waals surface area (Å²) in [6.45, 7) is 4.57. The lowest BCUT2D eigenvalue weighted by molar-refractivity contribution is 1.12. The summed E-state index contributed by atoms with van der Waals surface area (Å²) in [5.74, 6) is 0. The molecule has 0 N–H and O–H groups in total. The second kappa shape index (κ2) is 24.9. The van der Waals surface area contributed by atoms with Crippen LogP contribution in [-0.4, -0.2) is 9.13 Å². The normalized spacial score (nSPS) is 11.3. The first kappa shape index (κ1) is 57.0. The lowest BCUT2D eigenvalue weighted by Gasteiger charge is -2.26. The smallest absolute Gasteiger partial charge is 0.0570 e. The van der Waals surface area contributed by atoms with E-state index in [0.29, 0.717) is 0 Å². The number of hydrogen-bond donors (Lipinski definition) is 0. The van der Waals surface area contributed by atoms with Crippen molar-refractivity contribution in [2.24, 2.45) is 0 Å². The summed E-state index contributed by atoms with van der Waals surface area (Å²) in [6, 6.07) is 132. The summed E-state index contributed by atoms with van der Waals surface area (Å²) < 4.78 is 4.91. The van der Waals surface area contributed by atoms with Crippen LogP contribution in [0, 0.1) is 13.8 Å². The maximum Gasteiger partial charge on any atom is 0.0570 e. The van der Waals surface area contributed by atoms with Gasteiger partial charge in [0.2, 0.25) is 0 Å². The Morgan fingerprint density at radius 3 is 0.638 bits per heavy atom. The zero-order valence-corrected chi connectivity index (χ0v) is 52.4. The summed E-state index contributed by atoms with van der Waals surface area (Å²) >= 11 is 0. The quantitative estimate of drug-likeness (QED) is 0.102. The molecule has 4 heteroatoms. The first-order chi connectivity index (χ1) is 46.5. The van der Waals surface area contributed by atoms with E-state index in [1.165, 1.54) is 100 Å². The third-order valence-corrected chi connectivity index (χ3v) is 18.5. The SMILES string of the molecule is Cc1c(-c2ccccc2)n(-c2ccc(N(c3ccc(-c4ccccc4)cc3)c3ccc(-c4ccccc4)cc3)cc2)c2ccc(-c3ccc4c(c3)c(C)c(-c3ccccc3)n4-c3ccc(N(c4ccc(-c5ccccc5)cc4)c4ccc(-c5ccccc5)cc4)cc3)cc12. The molecular weight excluding hydrogens is 1140 g/mol. The summed E-state index contributed by atoms with van der Waals surface area (Å²) in [7, 11) is 0. The average molecular weight is 1200 g/mol. The van der Waals surface area contributed by atoms with E-state index < -0.39 is 0 Å². The van der Waals surface area contributed by atoms with Gasteiger partial charge in [-0.3, -0.25) is 0 Å². The van der Waals surface area contributed by atoms with E-state index in [0.717, 1.165) is 56.5 Å². The molecule has 94 heavy (non-hydrogen) atoms. The highest BCUT2D eigenvalue weighted by Gasteiger charge is 2.23. The van der Waals surface area contributed by atoms with Crippen molar-refractivity contribution in [1.29, 1.82) is 0 Å². The van der Waals surface area contributed by atoms with Crippen LogP contribution < -0.4 is 9.80 Å². The van der Waals surface area contributed by atoms with Crippen molar-refractivity contribution in [3.05, 3.63) is 375 Å². The molecule has 0 aliphatic carbocycles. The molecule has 0 saturated heterocycles. The molecule has 2 aromatic heterocycles. The molecule has 2 heterocycles. The Morgan fingerprint density at radius 1 is 0.191 bits per heavy atom. The number of hydrogen-bond acceptors (Lipinski definition) is 2. The molecule has 0 unspecified atom stereocenters. The monoisotopic (exact) mass is 1200 g/mol. The lowest BCUT2D eigenvalue weighted by atomic mass is 9.99. The van der Waals surface area contributed by atoms with E-state index >= 15 is 0 Å². The van der Waals surface area contributed by atoms with Crippen molar-refractivity contribution in [1.82, 2.24) is 9.13 Å². The molecule has 0 spiro atoms. The van der Waals surface area contributed by atoms with E-state index in [1.54, 1.807) is 0 Å². The van der Waals surface area contributed by atoms with Crippen molar-refractivity contribution in [2.45, 2.75) is 13.8 Å². The molecule has 16 rings (SSSR count). The Morgan fingerprint density at radius 2 is 0.394 bits per heavy atom. The number of nitrogens with zero attached hydrogens (tertiary/aromatic N) is 4. The molecule has 0 radical (unpaired) electrons. The van der Waals surface area contributed by atoms with Crippen LogP contribution in [-0.2, 0) is 0 Å². The van der Waals surface area contributed by atoms with Gasteiger partial charge in [0.1, 0.15) is 0 Å². The molecular formula is C90H66N4. The van der Waals surface area contributed by atoms with Crippen LogP contribution in [0.3, 0.4) is 0 Å². The average Bonchev–Trinajstić information content (AvgIpc) is 1.58. The maximum atomic E-state index is 2.45. The van der Waals surface area contributed by atoms with E-state index in [1.807, 2.05) is 0 Å². The predicted octanol–water partition coefficient (Wildman–Crippen LogP) is 24.8. The highest BCUT2D eigenvalue weighted by molar-refractivity contribution is 6.00. The fourth-order valence-electron chi connectivity index (χ4n) is 13.8. The third-order valence-electron chi connectivity index (χ3n) is 18.5. The number of benzene rings is 14. The minimum absolute atomic E-state index is 1.07. The predicted molar refractivity (Wildman–Crippen MR) is 397 cm³/mol. The van der Waals surface area contributed by atoms with Gasteiger partial charge < -0.3 is 18.9 Å². The minimum Gasteiger partial charge on any atom is -0.311 e. The van der Waals surface area contributed by atoms with Crippen LogP contribution in [0.25, 0.3) is 111 Å². The first-order valence-corrected chi connectivity index (χ1v) is 32.3. The van der Waals surface area contributed by atoms with Crippen LogP contribution >= 0.6 is 0 Å². The van der Waals surface area contributed by atoms with Gasteiger partial charge in [0.15, 0.2) is 0 Å². The molecule has 0 saturated carbocycles. The van der Waals surface area contributed by atoms with Crippen LogP contribution in [0.15, 0.2) is 364 Å². The fraction of sp³-hybridized carbons (Fsp3) is 0.0222. The second-order valence-corrected chi connectivity index (χ2v) is 24.2. The number of rotatable bonds is 15. The van der Waals surface area contributed by atoms with Crippen molar-refractivity contribution >= 4 is 55.9 Å². The minimum atomic E-state index is 1.07. The molecule has 0 bridgehead atoms. The second-order valence-electron chi connectivity index (χ2n) is 24.2. The summed E-state index contributed by atoms with van der Waals surface area (Å²) in [5, 5.41) is 2.43. The molecule has 0 amide bonds. The van der Waals surface area contributed by atoms with Crippen molar-refractivity contribution in [3.8, 4) is 89.5 Å². The molecule has 4 nitrogen and oxygen atoms in total. The number of aryl methyl sites for hydroxylation is 2. The summed E-state index contributed by atoms with van der Waals surface area (Å²) in [5.41, 5.74) is 30.0. The maximum absolute atomic E-state index is 2.45. The Kier molecular flexibility index (Phi) is 15.1. The summed E-state index contributed by atoms with van der Waals surface area (Å²) in [6.07, 6.45) is 0. The van der Waals surface area contributed by atoms with Crippen LogP contribution in [0.1, 0.15) is 11.1 Å². The lowest BCUT2D eigenvalue weighted by Crippen LogP contribution is -2.10. The van der Waals surface area contributed by atoms with Gasteiger partial charge in [-0.25, -0.2) is 0 Å². The van der Waals surface area contributed by atoms with Gasteiger partial charge in [0.05, 0.1) is 22.4 Å². The largest absolute Gasteiger partial charge is 0.311 e. The summed E-state index contributed by atoms with van der Waals surface area (Å²) in [4.78, 5) is 4.72. The van der Waals surface area contributed by atoms with Gasteiger partial charge in [-0.15, -0.1) is 0 Å². The van der Waals surface area contributed by atoms with Gasteiger partial charge in [-0.1, -0.05) is 243 Å². The Balaban J connectivity index is 0.761. The zero-order chi connectivity index (χ0) is 62.9. The molecule has 0 fully saturated rings. The third kappa shape index (κ3) is 10.8. The van der Waals surface area contributed by atoms with Crippen molar-refractivity contribution in [2.75, 3.05) is 9.80 Å². The van der Waals surface area contributed by atoms with Crippen LogP contribution in [0.4, 0.5) is 34.1 Å². The standard InChI is InChI=1S/C90H66N4/c1-63-85-61-75(41-59-87(85)93(89(63)73-29-17-7-18-30-73)83-55-51-81(52-56-83)91(77-43-33-69(34-44-77)65-21-9-3-10-22-65)78-45-35-70(36-46-78)66-23-11-4-12-24-66)76-42-60-88-86(62-76)64(2)90(74-31-19-8-20-32-74)94(88)84-57-53-82(54-58-84)92(79-47-37-71(38-48-79)67-25-13-5-14-26-67)80-49-39-72(40-50-80)68-27-15-6-16-28-68/h3-62H,1-2H3. The Labute approximate surface area is 550 Å². The van der Waals surface area contributed by atoms with Gasteiger partial charge in [-0.05, 0) is 213 Å². The van der Waals surface area contributed by atoms with Gasteiger partial charge in [0.25, 0.3) is 0 Å². The molecule has 14 aromatic carbocycles. The number of aromatic nitrogens is 2. The van der Waals surface area contributed by atoms with Crippen LogP contribution in [0.5, 0.6) is 0 Å². The molecule has 0 aliphatic rings. The van der Waals surface area contributed by atoms with E-state index in [4.69, 9.17) is 0 Å². The molecule has 0 atom stereocenters. The highest BCUT2D eigenvalue weighted by atomic mass is 15.1. The van der Waals surface area contributed by atoms with Crippen molar-refractivity contribution in [3.63, 3.8) is 0 Å². The van der Waals surface area contributed by atoms with Gasteiger partial charge in [-0.2, -0.15) is 0 Å². The zero-order valence-electron chi connectivity index (χ0n) is 52.4. The fourth-order valence-corrected chi connectivity index (χ4v) is 13.8. The van der Waals surface area contributed by atoms with E-state index in [-0.39, 0.29) is 0 Å². The van der Waals surface area contributed by atoms with Gasteiger partial charge in [0, 0.05) is 56.3 Å². The first-order valence-electron chi connectivity index (χ1n) is 32.3. The van der Waals surface area contributed by atoms with Gasteiger partial charge >= 0.3 is 0 Å². The molecule has 16 aromatic rings. The highest BCUT2D eigenvalue weighted by Crippen LogP contribution is 2.45.